The molecule has 4 rings (SSSR count). The second kappa shape index (κ2) is 10.4. The van der Waals surface area contributed by atoms with Gasteiger partial charge in [-0.2, -0.15) is 4.31 Å². The molecule has 0 aromatic carbocycles. The molecule has 2 fully saturated rings. The summed E-state index contributed by atoms with van der Waals surface area (Å²) in [7, 11) is -3.47. The lowest BCUT2D eigenvalue weighted by Crippen LogP contribution is -2.48. The van der Waals surface area contributed by atoms with Gasteiger partial charge in [0.1, 0.15) is 4.90 Å². The number of amides is 1. The zero-order valence-electron chi connectivity index (χ0n) is 17.5. The van der Waals surface area contributed by atoms with Gasteiger partial charge in [0.25, 0.3) is 0 Å². The lowest BCUT2D eigenvalue weighted by atomic mass is 10.2. The normalized spacial score (nSPS) is 18.9. The van der Waals surface area contributed by atoms with Crippen molar-refractivity contribution in [2.24, 2.45) is 0 Å². The minimum atomic E-state index is -3.47. The first-order valence-electron chi connectivity index (χ1n) is 10.6. The van der Waals surface area contributed by atoms with Gasteiger partial charge >= 0.3 is 0 Å². The molecule has 0 saturated carbocycles. The fourth-order valence-electron chi connectivity index (χ4n) is 3.86. The summed E-state index contributed by atoms with van der Waals surface area (Å²) in [6.45, 7) is 5.36. The van der Waals surface area contributed by atoms with Crippen LogP contribution in [0.5, 0.6) is 0 Å². The standard InChI is InChI=1S/C21H28N4O3S3/c26-21(24-12-10-23(11-13-24)16-18-5-4-14-29-18)17-30-20-7-6-19(15-22-20)31(27,28)25-8-2-1-3-9-25/h4-7,14-15H,1-3,8-13,16-17H2. The quantitative estimate of drug-likeness (QED) is 0.568. The predicted molar refractivity (Wildman–Crippen MR) is 124 cm³/mol. The van der Waals surface area contributed by atoms with Crippen LogP contribution in [0.2, 0.25) is 0 Å². The highest BCUT2D eigenvalue weighted by atomic mass is 32.2. The van der Waals surface area contributed by atoms with Gasteiger partial charge in [-0.25, -0.2) is 13.4 Å². The molecule has 2 aromatic heterocycles. The molecule has 2 saturated heterocycles. The Labute approximate surface area is 192 Å². The van der Waals surface area contributed by atoms with E-state index in [1.807, 2.05) is 4.90 Å². The first kappa shape index (κ1) is 22.7. The molecule has 0 spiro atoms. The third-order valence-electron chi connectivity index (χ3n) is 5.69. The number of rotatable bonds is 7. The molecule has 0 radical (unpaired) electrons. The zero-order valence-corrected chi connectivity index (χ0v) is 19.9. The van der Waals surface area contributed by atoms with Crippen molar-refractivity contribution >= 4 is 39.0 Å². The van der Waals surface area contributed by atoms with Crippen LogP contribution in [0.15, 0.2) is 45.8 Å². The maximum absolute atomic E-state index is 12.7. The Morgan fingerprint density at radius 3 is 2.45 bits per heavy atom. The Kier molecular flexibility index (Phi) is 7.65. The molecule has 7 nitrogen and oxygen atoms in total. The van der Waals surface area contributed by atoms with E-state index in [1.165, 1.54) is 22.8 Å². The van der Waals surface area contributed by atoms with Crippen LogP contribution in [0.25, 0.3) is 0 Å². The van der Waals surface area contributed by atoms with Gasteiger partial charge in [0.2, 0.25) is 15.9 Å². The highest BCUT2D eigenvalue weighted by Gasteiger charge is 2.26. The largest absolute Gasteiger partial charge is 0.339 e. The van der Waals surface area contributed by atoms with Crippen LogP contribution in [0.4, 0.5) is 0 Å². The molecule has 0 unspecified atom stereocenters. The molecule has 4 heterocycles. The van der Waals surface area contributed by atoms with Gasteiger partial charge in [-0.05, 0) is 36.4 Å². The maximum atomic E-state index is 12.7. The Morgan fingerprint density at radius 2 is 1.81 bits per heavy atom. The predicted octanol–water partition coefficient (Wildman–Crippen LogP) is 2.75. The van der Waals surface area contributed by atoms with E-state index in [1.54, 1.807) is 27.8 Å². The monoisotopic (exact) mass is 480 g/mol. The number of thioether (sulfide) groups is 1. The molecule has 168 valence electrons. The molecular weight excluding hydrogens is 452 g/mol. The third-order valence-corrected chi connectivity index (χ3v) is 9.36. The summed E-state index contributed by atoms with van der Waals surface area (Å²) in [6.07, 6.45) is 4.31. The molecule has 2 aliphatic heterocycles. The van der Waals surface area contributed by atoms with Crippen molar-refractivity contribution in [3.8, 4) is 0 Å². The number of piperazine rings is 1. The third kappa shape index (κ3) is 5.87. The Balaban J connectivity index is 1.24. The van der Waals surface area contributed by atoms with Gasteiger partial charge in [0.05, 0.1) is 10.8 Å². The van der Waals surface area contributed by atoms with Crippen LogP contribution >= 0.6 is 23.1 Å². The number of carbonyl (C=O) groups excluding carboxylic acids is 1. The molecule has 2 aromatic rings. The van der Waals surface area contributed by atoms with Gasteiger partial charge in [0.15, 0.2) is 0 Å². The Bertz CT molecular complexity index is 950. The number of sulfonamides is 1. The van der Waals surface area contributed by atoms with E-state index < -0.39 is 10.0 Å². The summed E-state index contributed by atoms with van der Waals surface area (Å²) in [4.78, 5) is 22.7. The minimum absolute atomic E-state index is 0.104. The lowest BCUT2D eigenvalue weighted by molar-refractivity contribution is -0.130. The van der Waals surface area contributed by atoms with E-state index in [9.17, 15) is 13.2 Å². The number of nitrogens with zero attached hydrogens (tertiary/aromatic N) is 4. The Morgan fingerprint density at radius 1 is 1.03 bits per heavy atom. The smallest absolute Gasteiger partial charge is 0.244 e. The first-order chi connectivity index (χ1) is 15.0. The minimum Gasteiger partial charge on any atom is -0.339 e. The van der Waals surface area contributed by atoms with E-state index in [2.05, 4.69) is 27.4 Å². The second-order valence-corrected chi connectivity index (χ2v) is 11.8. The molecule has 2 aliphatic rings. The van der Waals surface area contributed by atoms with Gasteiger partial charge in [-0.15, -0.1) is 11.3 Å². The average Bonchev–Trinajstić information content (AvgIpc) is 3.32. The molecule has 0 bridgehead atoms. The van der Waals surface area contributed by atoms with Crippen molar-refractivity contribution in [1.82, 2.24) is 19.1 Å². The van der Waals surface area contributed by atoms with Crippen LogP contribution in [0.1, 0.15) is 24.1 Å². The SMILES string of the molecule is O=C(CSc1ccc(S(=O)(=O)N2CCCCC2)cn1)N1CCN(Cc2cccs2)CC1. The van der Waals surface area contributed by atoms with E-state index in [4.69, 9.17) is 0 Å². The summed E-state index contributed by atoms with van der Waals surface area (Å²) in [5.41, 5.74) is 0. The zero-order chi connectivity index (χ0) is 21.7. The lowest BCUT2D eigenvalue weighted by Gasteiger charge is -2.34. The van der Waals surface area contributed by atoms with Gasteiger partial charge in [0, 0.05) is 56.9 Å². The molecule has 31 heavy (non-hydrogen) atoms. The number of piperidine rings is 1. The Hall–Kier alpha value is -1.46. The first-order valence-corrected chi connectivity index (χ1v) is 13.9. The number of aromatic nitrogens is 1. The van der Waals surface area contributed by atoms with Crippen LogP contribution in [-0.2, 0) is 21.4 Å². The van der Waals surface area contributed by atoms with Crippen molar-refractivity contribution in [2.45, 2.75) is 35.7 Å². The van der Waals surface area contributed by atoms with Crippen LogP contribution in [0, 0.1) is 0 Å². The van der Waals surface area contributed by atoms with Gasteiger partial charge in [-0.1, -0.05) is 24.2 Å². The molecule has 0 aliphatic carbocycles. The van der Waals surface area contributed by atoms with Crippen LogP contribution < -0.4 is 0 Å². The maximum Gasteiger partial charge on any atom is 0.244 e. The topological polar surface area (TPSA) is 73.8 Å². The summed E-state index contributed by atoms with van der Waals surface area (Å²) >= 11 is 3.13. The summed E-state index contributed by atoms with van der Waals surface area (Å²) in [5.74, 6) is 0.420. The molecule has 0 atom stereocenters. The number of pyridine rings is 1. The molecule has 1 amide bonds. The number of hydrogen-bond donors (Lipinski definition) is 0. The van der Waals surface area contributed by atoms with Crippen LogP contribution in [0.3, 0.4) is 0 Å². The van der Waals surface area contributed by atoms with E-state index in [-0.39, 0.29) is 10.8 Å². The number of carbonyl (C=O) groups is 1. The van der Waals surface area contributed by atoms with Crippen molar-refractivity contribution < 1.29 is 13.2 Å². The van der Waals surface area contributed by atoms with Crippen molar-refractivity contribution in [1.29, 1.82) is 0 Å². The average molecular weight is 481 g/mol. The fourth-order valence-corrected chi connectivity index (χ4v) is 6.82. The van der Waals surface area contributed by atoms with Crippen molar-refractivity contribution in [2.75, 3.05) is 45.0 Å². The highest BCUT2D eigenvalue weighted by molar-refractivity contribution is 7.99. The van der Waals surface area contributed by atoms with Crippen LogP contribution in [-0.4, -0.2) is 78.4 Å². The van der Waals surface area contributed by atoms with E-state index in [0.29, 0.717) is 23.9 Å². The van der Waals surface area contributed by atoms with Gasteiger partial charge < -0.3 is 4.90 Å². The number of thiophene rings is 1. The molecule has 0 N–H and O–H groups in total. The molecule has 10 heteroatoms. The summed E-state index contributed by atoms with van der Waals surface area (Å²) in [6, 6.07) is 7.52. The van der Waals surface area contributed by atoms with E-state index >= 15 is 0 Å². The molecular formula is C21H28N4O3S3. The van der Waals surface area contributed by atoms with Crippen molar-refractivity contribution in [3.63, 3.8) is 0 Å². The summed E-state index contributed by atoms with van der Waals surface area (Å²) < 4.78 is 27.0. The fraction of sp³-hybridized carbons (Fsp3) is 0.524. The number of hydrogen-bond acceptors (Lipinski definition) is 7. The van der Waals surface area contributed by atoms with Crippen molar-refractivity contribution in [3.05, 3.63) is 40.7 Å². The highest BCUT2D eigenvalue weighted by Crippen LogP contribution is 2.23. The summed E-state index contributed by atoms with van der Waals surface area (Å²) in [5, 5.41) is 2.76. The van der Waals surface area contributed by atoms with Gasteiger partial charge in [-0.3, -0.25) is 9.69 Å². The van der Waals surface area contributed by atoms with E-state index in [0.717, 1.165) is 52.0 Å². The second-order valence-electron chi connectivity index (χ2n) is 7.82.